The Bertz CT molecular complexity index is 408. The molecule has 1 atom stereocenters. The number of halogens is 1. The number of anilines is 1. The molecule has 2 rings (SSSR count). The van der Waals surface area contributed by atoms with E-state index in [2.05, 4.69) is 29.7 Å². The minimum Gasteiger partial charge on any atom is -0.325 e. The predicted octanol–water partition coefficient (Wildman–Crippen LogP) is 3.05. The Morgan fingerprint density at radius 2 is 2.37 bits per heavy atom. The second-order valence-electron chi connectivity index (χ2n) is 4.48. The van der Waals surface area contributed by atoms with Crippen molar-refractivity contribution >= 4 is 35.8 Å². The molecule has 0 aliphatic carbocycles. The standard InChI is InChI=1S/C14H20N2OS.ClH/c1-2-18-10-11-5-3-6-12(9-11)16-14(17)13-7-4-8-15-13;/h3,5-6,9,13,15H,2,4,7-8,10H2,1H3,(H,16,17);1H. The van der Waals surface area contributed by atoms with Gasteiger partial charge in [-0.3, -0.25) is 4.79 Å². The normalized spacial score (nSPS) is 17.8. The van der Waals surface area contributed by atoms with Crippen LogP contribution in [0.25, 0.3) is 0 Å². The monoisotopic (exact) mass is 300 g/mol. The molecule has 1 fully saturated rings. The summed E-state index contributed by atoms with van der Waals surface area (Å²) < 4.78 is 0. The van der Waals surface area contributed by atoms with Gasteiger partial charge in [0.15, 0.2) is 0 Å². The first-order valence-corrected chi connectivity index (χ1v) is 7.66. The van der Waals surface area contributed by atoms with Crippen molar-refractivity contribution in [2.24, 2.45) is 0 Å². The average Bonchev–Trinajstić information content (AvgIpc) is 2.91. The van der Waals surface area contributed by atoms with Gasteiger partial charge in [0, 0.05) is 11.4 Å². The van der Waals surface area contributed by atoms with E-state index in [1.165, 1.54) is 5.56 Å². The van der Waals surface area contributed by atoms with Gasteiger partial charge in [0.05, 0.1) is 6.04 Å². The zero-order valence-electron chi connectivity index (χ0n) is 11.1. The van der Waals surface area contributed by atoms with Gasteiger partial charge in [-0.1, -0.05) is 19.1 Å². The Kier molecular flexibility index (Phi) is 7.28. The SMILES string of the molecule is CCSCc1cccc(NC(=O)C2CCCN2)c1.Cl. The molecule has 1 aromatic rings. The van der Waals surface area contributed by atoms with E-state index in [0.29, 0.717) is 0 Å². The molecule has 1 unspecified atom stereocenters. The first-order valence-electron chi connectivity index (χ1n) is 6.50. The van der Waals surface area contributed by atoms with E-state index in [1.807, 2.05) is 23.9 Å². The van der Waals surface area contributed by atoms with E-state index in [-0.39, 0.29) is 24.4 Å². The summed E-state index contributed by atoms with van der Waals surface area (Å²) in [4.78, 5) is 12.0. The Hall–Kier alpha value is -0.710. The van der Waals surface area contributed by atoms with Crippen LogP contribution in [0.4, 0.5) is 5.69 Å². The highest BCUT2D eigenvalue weighted by atomic mass is 35.5. The summed E-state index contributed by atoms with van der Waals surface area (Å²) in [6.07, 6.45) is 2.03. The van der Waals surface area contributed by atoms with Crippen molar-refractivity contribution in [2.45, 2.75) is 31.6 Å². The maximum atomic E-state index is 12.0. The number of rotatable bonds is 5. The smallest absolute Gasteiger partial charge is 0.241 e. The quantitative estimate of drug-likeness (QED) is 0.878. The molecule has 1 saturated heterocycles. The fourth-order valence-corrected chi connectivity index (χ4v) is 2.72. The van der Waals surface area contributed by atoms with E-state index in [4.69, 9.17) is 0 Å². The Morgan fingerprint density at radius 3 is 3.05 bits per heavy atom. The summed E-state index contributed by atoms with van der Waals surface area (Å²) in [6, 6.07) is 8.11. The van der Waals surface area contributed by atoms with Gasteiger partial charge >= 0.3 is 0 Å². The van der Waals surface area contributed by atoms with Gasteiger partial charge in [-0.15, -0.1) is 12.4 Å². The third kappa shape index (κ3) is 5.05. The van der Waals surface area contributed by atoms with Gasteiger partial charge < -0.3 is 10.6 Å². The van der Waals surface area contributed by atoms with Crippen molar-refractivity contribution in [2.75, 3.05) is 17.6 Å². The van der Waals surface area contributed by atoms with Crippen LogP contribution in [-0.4, -0.2) is 24.2 Å². The molecule has 1 amide bonds. The molecular formula is C14H21ClN2OS. The minimum absolute atomic E-state index is 0. The summed E-state index contributed by atoms with van der Waals surface area (Å²) in [5.41, 5.74) is 2.17. The molecule has 1 heterocycles. The number of nitrogens with one attached hydrogen (secondary N) is 2. The van der Waals surface area contributed by atoms with Crippen molar-refractivity contribution in [3.05, 3.63) is 29.8 Å². The Labute approximate surface area is 125 Å². The Morgan fingerprint density at radius 1 is 1.53 bits per heavy atom. The maximum absolute atomic E-state index is 12.0. The molecule has 3 nitrogen and oxygen atoms in total. The zero-order valence-corrected chi connectivity index (χ0v) is 12.8. The molecule has 0 radical (unpaired) electrons. The summed E-state index contributed by atoms with van der Waals surface area (Å²) in [5, 5.41) is 6.20. The highest BCUT2D eigenvalue weighted by Crippen LogP contribution is 2.17. The molecule has 0 aromatic heterocycles. The predicted molar refractivity (Wildman–Crippen MR) is 85.2 cm³/mol. The third-order valence-electron chi connectivity index (χ3n) is 3.04. The molecule has 1 aliphatic heterocycles. The number of hydrogen-bond donors (Lipinski definition) is 2. The summed E-state index contributed by atoms with van der Waals surface area (Å²) >= 11 is 1.89. The highest BCUT2D eigenvalue weighted by Gasteiger charge is 2.21. The van der Waals surface area contributed by atoms with Crippen molar-refractivity contribution < 1.29 is 4.79 Å². The van der Waals surface area contributed by atoms with Gasteiger partial charge in [0.1, 0.15) is 0 Å². The summed E-state index contributed by atoms with van der Waals surface area (Å²) in [5.74, 6) is 2.21. The first-order chi connectivity index (χ1) is 8.79. The number of carbonyl (C=O) groups excluding carboxylic acids is 1. The average molecular weight is 301 g/mol. The van der Waals surface area contributed by atoms with Crippen molar-refractivity contribution in [3.8, 4) is 0 Å². The van der Waals surface area contributed by atoms with Gasteiger partial charge in [-0.25, -0.2) is 0 Å². The van der Waals surface area contributed by atoms with E-state index in [0.717, 1.165) is 36.6 Å². The van der Waals surface area contributed by atoms with Gasteiger partial charge in [0.25, 0.3) is 0 Å². The van der Waals surface area contributed by atoms with Crippen LogP contribution in [0.3, 0.4) is 0 Å². The number of hydrogen-bond acceptors (Lipinski definition) is 3. The molecule has 1 aliphatic rings. The highest BCUT2D eigenvalue weighted by molar-refractivity contribution is 7.98. The zero-order chi connectivity index (χ0) is 12.8. The van der Waals surface area contributed by atoms with E-state index < -0.39 is 0 Å². The van der Waals surface area contributed by atoms with Crippen LogP contribution >= 0.6 is 24.2 Å². The van der Waals surface area contributed by atoms with Gasteiger partial charge in [-0.05, 0) is 42.8 Å². The van der Waals surface area contributed by atoms with E-state index in [9.17, 15) is 4.79 Å². The maximum Gasteiger partial charge on any atom is 0.241 e. The van der Waals surface area contributed by atoms with E-state index in [1.54, 1.807) is 0 Å². The lowest BCUT2D eigenvalue weighted by atomic mass is 10.2. The van der Waals surface area contributed by atoms with Gasteiger partial charge in [-0.2, -0.15) is 11.8 Å². The van der Waals surface area contributed by atoms with Crippen molar-refractivity contribution in [1.82, 2.24) is 5.32 Å². The molecule has 0 saturated carbocycles. The molecule has 0 spiro atoms. The largest absolute Gasteiger partial charge is 0.325 e. The van der Waals surface area contributed by atoms with Crippen LogP contribution in [-0.2, 0) is 10.5 Å². The lowest BCUT2D eigenvalue weighted by Crippen LogP contribution is -2.35. The van der Waals surface area contributed by atoms with Crippen LogP contribution in [0.15, 0.2) is 24.3 Å². The van der Waals surface area contributed by atoms with Crippen LogP contribution in [0.1, 0.15) is 25.3 Å². The minimum atomic E-state index is -0.0151. The number of amides is 1. The molecule has 1 aromatic carbocycles. The number of thioether (sulfide) groups is 1. The number of benzene rings is 1. The first kappa shape index (κ1) is 16.3. The third-order valence-corrected chi connectivity index (χ3v) is 3.99. The molecule has 2 N–H and O–H groups in total. The van der Waals surface area contributed by atoms with Crippen molar-refractivity contribution in [1.29, 1.82) is 0 Å². The summed E-state index contributed by atoms with van der Waals surface area (Å²) in [6.45, 7) is 3.10. The summed E-state index contributed by atoms with van der Waals surface area (Å²) in [7, 11) is 0. The van der Waals surface area contributed by atoms with Crippen LogP contribution in [0.2, 0.25) is 0 Å². The fraction of sp³-hybridized carbons (Fsp3) is 0.500. The topological polar surface area (TPSA) is 41.1 Å². The fourth-order valence-electron chi connectivity index (χ4n) is 2.10. The lowest BCUT2D eigenvalue weighted by Gasteiger charge is -2.11. The van der Waals surface area contributed by atoms with Crippen LogP contribution in [0.5, 0.6) is 0 Å². The number of carbonyl (C=O) groups is 1. The molecule has 0 bridgehead atoms. The molecule has 19 heavy (non-hydrogen) atoms. The van der Waals surface area contributed by atoms with Crippen molar-refractivity contribution in [3.63, 3.8) is 0 Å². The van der Waals surface area contributed by atoms with Gasteiger partial charge in [0.2, 0.25) is 5.91 Å². The Balaban J connectivity index is 0.00000180. The molecule has 5 heteroatoms. The lowest BCUT2D eigenvalue weighted by molar-refractivity contribution is -0.117. The second-order valence-corrected chi connectivity index (χ2v) is 5.75. The van der Waals surface area contributed by atoms with Crippen LogP contribution < -0.4 is 10.6 Å². The van der Waals surface area contributed by atoms with Crippen LogP contribution in [0, 0.1) is 0 Å². The second kappa shape index (κ2) is 8.46. The molecule has 106 valence electrons. The van der Waals surface area contributed by atoms with E-state index >= 15 is 0 Å². The molecular weight excluding hydrogens is 280 g/mol.